The van der Waals surface area contributed by atoms with Crippen molar-refractivity contribution in [1.29, 1.82) is 0 Å². The SMILES string of the molecule is CC(C)COc1cc(OC(F)(F)F)cc([N+](=O)[O-])c1. The highest BCUT2D eigenvalue weighted by Crippen LogP contribution is 2.31. The van der Waals surface area contributed by atoms with E-state index >= 15 is 0 Å². The highest BCUT2D eigenvalue weighted by Gasteiger charge is 2.32. The molecule has 0 fully saturated rings. The molecule has 0 amide bonds. The standard InChI is InChI=1S/C11H12F3NO4/c1-7(2)6-18-9-3-8(15(16)17)4-10(5-9)19-11(12,13)14/h3-5,7H,6H2,1-2H3. The highest BCUT2D eigenvalue weighted by atomic mass is 19.4. The third-order valence-corrected chi connectivity index (χ3v) is 1.89. The van der Waals surface area contributed by atoms with E-state index in [1.165, 1.54) is 0 Å². The van der Waals surface area contributed by atoms with E-state index in [0.29, 0.717) is 6.07 Å². The van der Waals surface area contributed by atoms with Crippen molar-refractivity contribution >= 4 is 5.69 Å². The maximum absolute atomic E-state index is 12.1. The van der Waals surface area contributed by atoms with Crippen LogP contribution >= 0.6 is 0 Å². The van der Waals surface area contributed by atoms with Crippen molar-refractivity contribution in [2.24, 2.45) is 5.92 Å². The van der Waals surface area contributed by atoms with Gasteiger partial charge < -0.3 is 9.47 Å². The van der Waals surface area contributed by atoms with E-state index in [9.17, 15) is 23.3 Å². The molecule has 0 radical (unpaired) electrons. The minimum atomic E-state index is -4.91. The molecule has 0 saturated carbocycles. The van der Waals surface area contributed by atoms with Gasteiger partial charge >= 0.3 is 6.36 Å². The Kier molecular flexibility index (Phi) is 4.57. The van der Waals surface area contributed by atoms with Crippen LogP contribution in [0.25, 0.3) is 0 Å². The molecule has 8 heteroatoms. The lowest BCUT2D eigenvalue weighted by Gasteiger charge is -2.12. The van der Waals surface area contributed by atoms with Gasteiger partial charge in [0.1, 0.15) is 11.5 Å². The maximum atomic E-state index is 12.1. The van der Waals surface area contributed by atoms with Gasteiger partial charge in [-0.05, 0) is 5.92 Å². The second kappa shape index (κ2) is 5.77. The topological polar surface area (TPSA) is 61.6 Å². The van der Waals surface area contributed by atoms with Crippen molar-refractivity contribution in [3.63, 3.8) is 0 Å². The average molecular weight is 279 g/mol. The largest absolute Gasteiger partial charge is 0.573 e. The molecule has 0 heterocycles. The molecule has 0 saturated heterocycles. The van der Waals surface area contributed by atoms with Crippen LogP contribution in [-0.4, -0.2) is 17.9 Å². The number of benzene rings is 1. The number of hydrogen-bond donors (Lipinski definition) is 0. The summed E-state index contributed by atoms with van der Waals surface area (Å²) >= 11 is 0. The second-order valence-corrected chi connectivity index (χ2v) is 4.17. The van der Waals surface area contributed by atoms with Gasteiger partial charge in [-0.15, -0.1) is 13.2 Å². The van der Waals surface area contributed by atoms with E-state index in [-0.39, 0.29) is 18.3 Å². The fourth-order valence-electron chi connectivity index (χ4n) is 1.20. The fourth-order valence-corrected chi connectivity index (χ4v) is 1.20. The number of ether oxygens (including phenoxy) is 2. The van der Waals surface area contributed by atoms with Crippen LogP contribution in [-0.2, 0) is 0 Å². The molecule has 0 spiro atoms. The summed E-state index contributed by atoms with van der Waals surface area (Å²) in [5.41, 5.74) is -0.527. The summed E-state index contributed by atoms with van der Waals surface area (Å²) in [6, 6.07) is 2.70. The molecular formula is C11H12F3NO4. The molecule has 0 aliphatic heterocycles. The van der Waals surface area contributed by atoms with Gasteiger partial charge in [-0.25, -0.2) is 0 Å². The molecule has 0 atom stereocenters. The zero-order chi connectivity index (χ0) is 14.6. The summed E-state index contributed by atoms with van der Waals surface area (Å²) < 4.78 is 45.1. The Morgan fingerprint density at radius 2 is 1.84 bits per heavy atom. The number of hydrogen-bond acceptors (Lipinski definition) is 4. The quantitative estimate of drug-likeness (QED) is 0.611. The van der Waals surface area contributed by atoms with Gasteiger partial charge in [0.25, 0.3) is 5.69 Å². The van der Waals surface area contributed by atoms with E-state index in [1.54, 1.807) is 0 Å². The van der Waals surface area contributed by atoms with Gasteiger partial charge in [0.2, 0.25) is 0 Å². The fraction of sp³-hybridized carbons (Fsp3) is 0.455. The molecule has 0 N–H and O–H groups in total. The first-order valence-electron chi connectivity index (χ1n) is 5.35. The molecule has 0 aromatic heterocycles. The van der Waals surface area contributed by atoms with E-state index in [2.05, 4.69) is 4.74 Å². The Balaban J connectivity index is 3.00. The van der Waals surface area contributed by atoms with Crippen molar-refractivity contribution in [1.82, 2.24) is 0 Å². The Hall–Kier alpha value is -1.99. The van der Waals surface area contributed by atoms with E-state index < -0.39 is 22.7 Å². The molecule has 0 bridgehead atoms. The van der Waals surface area contributed by atoms with Crippen LogP contribution in [0.5, 0.6) is 11.5 Å². The van der Waals surface area contributed by atoms with Crippen molar-refractivity contribution < 1.29 is 27.6 Å². The van der Waals surface area contributed by atoms with E-state index in [0.717, 1.165) is 12.1 Å². The Morgan fingerprint density at radius 1 is 1.26 bits per heavy atom. The first-order valence-corrected chi connectivity index (χ1v) is 5.35. The normalized spacial score (nSPS) is 11.5. The summed E-state index contributed by atoms with van der Waals surface area (Å²) in [7, 11) is 0. The van der Waals surface area contributed by atoms with Crippen molar-refractivity contribution in [3.05, 3.63) is 28.3 Å². The number of halogens is 3. The van der Waals surface area contributed by atoms with Crippen molar-refractivity contribution in [2.45, 2.75) is 20.2 Å². The number of nitro benzene ring substituents is 1. The van der Waals surface area contributed by atoms with Crippen LogP contribution in [0, 0.1) is 16.0 Å². The smallest absolute Gasteiger partial charge is 0.493 e. The number of rotatable bonds is 5. The monoisotopic (exact) mass is 279 g/mol. The molecule has 5 nitrogen and oxygen atoms in total. The molecule has 1 aromatic carbocycles. The molecule has 1 rings (SSSR count). The van der Waals surface area contributed by atoms with Crippen LogP contribution in [0.1, 0.15) is 13.8 Å². The molecule has 19 heavy (non-hydrogen) atoms. The van der Waals surface area contributed by atoms with Gasteiger partial charge in [0, 0.05) is 6.07 Å². The number of nitrogens with zero attached hydrogens (tertiary/aromatic N) is 1. The van der Waals surface area contributed by atoms with Crippen molar-refractivity contribution in [2.75, 3.05) is 6.61 Å². The predicted octanol–water partition coefficient (Wildman–Crippen LogP) is 3.53. The molecular weight excluding hydrogens is 267 g/mol. The first kappa shape index (κ1) is 15.1. The number of alkyl halides is 3. The molecule has 0 unspecified atom stereocenters. The Labute approximate surface area is 107 Å². The van der Waals surface area contributed by atoms with E-state index in [1.807, 2.05) is 13.8 Å². The first-order chi connectivity index (χ1) is 8.67. The molecule has 1 aromatic rings. The van der Waals surface area contributed by atoms with Crippen molar-refractivity contribution in [3.8, 4) is 11.5 Å². The van der Waals surface area contributed by atoms with Crippen LogP contribution in [0.4, 0.5) is 18.9 Å². The lowest BCUT2D eigenvalue weighted by atomic mass is 10.2. The minimum Gasteiger partial charge on any atom is -0.493 e. The Morgan fingerprint density at radius 3 is 2.32 bits per heavy atom. The van der Waals surface area contributed by atoms with Crippen LogP contribution in [0.15, 0.2) is 18.2 Å². The van der Waals surface area contributed by atoms with Crippen LogP contribution in [0.2, 0.25) is 0 Å². The minimum absolute atomic E-state index is 0.0397. The highest BCUT2D eigenvalue weighted by molar-refractivity contribution is 5.46. The number of non-ortho nitro benzene ring substituents is 1. The van der Waals surface area contributed by atoms with E-state index in [4.69, 9.17) is 4.74 Å². The zero-order valence-electron chi connectivity index (χ0n) is 10.2. The van der Waals surface area contributed by atoms with Crippen LogP contribution < -0.4 is 9.47 Å². The second-order valence-electron chi connectivity index (χ2n) is 4.17. The summed E-state index contributed by atoms with van der Waals surface area (Å²) in [4.78, 5) is 9.81. The van der Waals surface area contributed by atoms with Crippen LogP contribution in [0.3, 0.4) is 0 Å². The maximum Gasteiger partial charge on any atom is 0.573 e. The van der Waals surface area contributed by atoms with Gasteiger partial charge in [-0.3, -0.25) is 10.1 Å². The molecule has 0 aliphatic rings. The van der Waals surface area contributed by atoms with Gasteiger partial charge in [-0.1, -0.05) is 13.8 Å². The lowest BCUT2D eigenvalue weighted by Crippen LogP contribution is -2.17. The summed E-state index contributed by atoms with van der Waals surface area (Å²) in [5, 5.41) is 10.6. The lowest BCUT2D eigenvalue weighted by molar-refractivity contribution is -0.385. The summed E-state index contributed by atoms with van der Waals surface area (Å²) in [6.45, 7) is 3.90. The summed E-state index contributed by atoms with van der Waals surface area (Å²) in [5.74, 6) is -0.589. The number of nitro groups is 1. The van der Waals surface area contributed by atoms with Gasteiger partial charge in [-0.2, -0.15) is 0 Å². The predicted molar refractivity (Wildman–Crippen MR) is 60.1 cm³/mol. The van der Waals surface area contributed by atoms with Gasteiger partial charge in [0.15, 0.2) is 0 Å². The zero-order valence-corrected chi connectivity index (χ0v) is 10.2. The summed E-state index contributed by atoms with van der Waals surface area (Å²) in [6.07, 6.45) is -4.91. The average Bonchev–Trinajstić information content (AvgIpc) is 2.23. The Bertz CT molecular complexity index is 460. The third kappa shape index (κ3) is 5.45. The van der Waals surface area contributed by atoms with Gasteiger partial charge in [0.05, 0.1) is 23.7 Å². The third-order valence-electron chi connectivity index (χ3n) is 1.89. The molecule has 0 aliphatic carbocycles. The molecule has 106 valence electrons.